The zero-order valence-corrected chi connectivity index (χ0v) is 19.5. The molecule has 1 heterocycles. The summed E-state index contributed by atoms with van der Waals surface area (Å²) < 4.78 is 7.03. The molecule has 0 aromatic heterocycles. The maximum absolute atomic E-state index is 13.3. The molecule has 0 radical (unpaired) electrons. The van der Waals surface area contributed by atoms with E-state index in [1.165, 1.54) is 0 Å². The highest BCUT2D eigenvalue weighted by Crippen LogP contribution is 2.48. The average molecular weight is 505 g/mol. The van der Waals surface area contributed by atoms with Crippen LogP contribution in [0.2, 0.25) is 0 Å². The van der Waals surface area contributed by atoms with Gasteiger partial charge in [0.25, 0.3) is 0 Å². The molecule has 1 saturated carbocycles. The number of hydrogen-bond acceptors (Lipinski definition) is 4. The van der Waals surface area contributed by atoms with Crippen LogP contribution in [0.15, 0.2) is 40.5 Å². The molecule has 1 unspecified atom stereocenters. The second-order valence-electron chi connectivity index (χ2n) is 9.40. The summed E-state index contributed by atoms with van der Waals surface area (Å²) in [5.41, 5.74) is 3.24. The topological polar surface area (TPSA) is 55.7 Å². The zero-order valence-electron chi connectivity index (χ0n) is 17.3. The number of halogens is 1. The first kappa shape index (κ1) is 20.8. The maximum Gasteiger partial charge on any atom is 0.315 e. The molecule has 1 aromatic rings. The van der Waals surface area contributed by atoms with Crippen LogP contribution in [0.25, 0.3) is 0 Å². The predicted molar refractivity (Wildman–Crippen MR) is 122 cm³/mol. The van der Waals surface area contributed by atoms with Gasteiger partial charge >= 0.3 is 5.97 Å². The normalized spacial score (nSPS) is 26.9. The molecule has 0 saturated heterocycles. The Morgan fingerprint density at radius 2 is 1.79 bits per heavy atom. The summed E-state index contributed by atoms with van der Waals surface area (Å²) in [5.74, 6) is -0.947. The number of Topliss-reactive ketones (excluding diaryl/α,β-unsaturated/α-hetero) is 1. The van der Waals surface area contributed by atoms with E-state index >= 15 is 0 Å². The molecular weight excluding hydrogens is 477 g/mol. The van der Waals surface area contributed by atoms with Crippen LogP contribution >= 0.6 is 22.6 Å². The minimum absolute atomic E-state index is 0.00374. The molecular formula is C24H28INO3. The number of carbonyl (C=O) groups excluding carboxylic acids is 2. The highest BCUT2D eigenvalue weighted by Gasteiger charge is 2.46. The number of rotatable bonds is 3. The Labute approximate surface area is 186 Å². The fourth-order valence-electron chi connectivity index (χ4n) is 5.02. The van der Waals surface area contributed by atoms with Crippen molar-refractivity contribution in [3.05, 3.63) is 44.7 Å². The van der Waals surface area contributed by atoms with E-state index < -0.39 is 5.92 Å². The molecule has 154 valence electrons. The third-order valence-electron chi connectivity index (χ3n) is 6.37. The summed E-state index contributed by atoms with van der Waals surface area (Å²) >= 11 is 2.27. The third kappa shape index (κ3) is 4.21. The van der Waals surface area contributed by atoms with E-state index in [4.69, 9.17) is 9.73 Å². The molecule has 0 N–H and O–H groups in total. The van der Waals surface area contributed by atoms with Gasteiger partial charge < -0.3 is 4.74 Å². The van der Waals surface area contributed by atoms with Crippen molar-refractivity contribution in [2.24, 2.45) is 16.3 Å². The number of ether oxygens (including phenoxy) is 1. The Balaban J connectivity index is 1.77. The monoisotopic (exact) mass is 505 g/mol. The molecule has 5 heteroatoms. The molecule has 0 amide bonds. The van der Waals surface area contributed by atoms with Gasteiger partial charge in [0.15, 0.2) is 5.78 Å². The minimum Gasteiger partial charge on any atom is -0.462 e. The fourth-order valence-corrected chi connectivity index (χ4v) is 5.38. The Morgan fingerprint density at radius 3 is 2.45 bits per heavy atom. The number of benzene rings is 1. The van der Waals surface area contributed by atoms with Crippen molar-refractivity contribution in [1.29, 1.82) is 0 Å². The molecule has 1 fully saturated rings. The van der Waals surface area contributed by atoms with Gasteiger partial charge in [0.05, 0.1) is 0 Å². The first-order chi connectivity index (χ1) is 13.7. The molecule has 1 aliphatic heterocycles. The van der Waals surface area contributed by atoms with E-state index in [9.17, 15) is 9.59 Å². The molecule has 2 atom stereocenters. The van der Waals surface area contributed by atoms with Crippen LogP contribution in [0.5, 0.6) is 0 Å². The lowest BCUT2D eigenvalue weighted by Crippen LogP contribution is -2.40. The van der Waals surface area contributed by atoms with Crippen LogP contribution < -0.4 is 0 Å². The Hall–Kier alpha value is -1.50. The van der Waals surface area contributed by atoms with Crippen LogP contribution in [0.3, 0.4) is 0 Å². The lowest BCUT2D eigenvalue weighted by atomic mass is 9.67. The lowest BCUT2D eigenvalue weighted by molar-refractivity contribution is -0.151. The van der Waals surface area contributed by atoms with Crippen molar-refractivity contribution < 1.29 is 14.3 Å². The first-order valence-electron chi connectivity index (χ1n) is 10.5. The second kappa shape index (κ2) is 7.97. The maximum atomic E-state index is 13.3. The molecule has 1 aromatic carbocycles. The third-order valence-corrected chi connectivity index (χ3v) is 7.09. The molecule has 4 rings (SSSR count). The van der Waals surface area contributed by atoms with Gasteiger partial charge in [-0.1, -0.05) is 26.0 Å². The van der Waals surface area contributed by atoms with Crippen LogP contribution in [-0.4, -0.2) is 23.6 Å². The van der Waals surface area contributed by atoms with Gasteiger partial charge in [0, 0.05) is 32.9 Å². The number of aliphatic imine (C=N–C) groups is 1. The number of hydrogen-bond donors (Lipinski definition) is 0. The van der Waals surface area contributed by atoms with Crippen molar-refractivity contribution in [3.8, 4) is 0 Å². The van der Waals surface area contributed by atoms with Gasteiger partial charge in [-0.2, -0.15) is 0 Å². The summed E-state index contributed by atoms with van der Waals surface area (Å²) in [5, 5.41) is 0. The Bertz CT molecular complexity index is 891. The van der Waals surface area contributed by atoms with Gasteiger partial charge in [0.1, 0.15) is 12.0 Å². The van der Waals surface area contributed by atoms with Crippen LogP contribution in [0.4, 0.5) is 0 Å². The van der Waals surface area contributed by atoms with E-state index in [0.29, 0.717) is 6.42 Å². The van der Waals surface area contributed by atoms with Crippen molar-refractivity contribution in [2.75, 3.05) is 0 Å². The largest absolute Gasteiger partial charge is 0.462 e. The fraction of sp³-hybridized carbons (Fsp3) is 0.542. The summed E-state index contributed by atoms with van der Waals surface area (Å²) in [6, 6.07) is 8.15. The summed E-state index contributed by atoms with van der Waals surface area (Å²) in [4.78, 5) is 31.3. The smallest absolute Gasteiger partial charge is 0.315 e. The number of esters is 1. The average Bonchev–Trinajstić information content (AvgIpc) is 3.13. The number of ketones is 1. The minimum atomic E-state index is -0.528. The highest BCUT2D eigenvalue weighted by atomic mass is 127. The van der Waals surface area contributed by atoms with Gasteiger partial charge in [-0.3, -0.25) is 14.6 Å². The first-order valence-corrected chi connectivity index (χ1v) is 11.6. The number of nitrogens with zero attached hydrogens (tertiary/aromatic N) is 1. The van der Waals surface area contributed by atoms with E-state index in [2.05, 4.69) is 36.4 Å². The van der Waals surface area contributed by atoms with Gasteiger partial charge in [-0.05, 0) is 84.7 Å². The van der Waals surface area contributed by atoms with Crippen LogP contribution in [0.1, 0.15) is 70.8 Å². The quantitative estimate of drug-likeness (QED) is 0.397. The summed E-state index contributed by atoms with van der Waals surface area (Å²) in [6.07, 6.45) is 5.35. The van der Waals surface area contributed by atoms with Crippen molar-refractivity contribution in [3.63, 3.8) is 0 Å². The number of carbonyl (C=O) groups is 2. The van der Waals surface area contributed by atoms with Gasteiger partial charge in [0.2, 0.25) is 0 Å². The Kier molecular flexibility index (Phi) is 5.70. The predicted octanol–water partition coefficient (Wildman–Crippen LogP) is 5.59. The van der Waals surface area contributed by atoms with Gasteiger partial charge in [-0.15, -0.1) is 0 Å². The van der Waals surface area contributed by atoms with E-state index in [1.807, 2.05) is 31.2 Å². The summed E-state index contributed by atoms with van der Waals surface area (Å²) in [6.45, 7) is 6.13. The van der Waals surface area contributed by atoms with Crippen molar-refractivity contribution in [2.45, 2.75) is 71.3 Å². The van der Waals surface area contributed by atoms with Gasteiger partial charge in [-0.25, -0.2) is 0 Å². The Morgan fingerprint density at radius 1 is 1.14 bits per heavy atom. The van der Waals surface area contributed by atoms with Crippen LogP contribution in [0, 0.1) is 14.9 Å². The molecule has 2 aliphatic carbocycles. The lowest BCUT2D eigenvalue weighted by Gasteiger charge is -2.39. The molecule has 29 heavy (non-hydrogen) atoms. The standard InChI is InChI=1S/C24H28INO3/c1-14-20(23(28)29-17-6-4-5-7-17)21(15-8-10-16(25)11-9-15)22-18(26-14)12-24(2,3)13-19(22)27/h8-11,17,20-21H,4-7,12-13H2,1-3H3/t20?,21-/m0/s1. The van der Waals surface area contributed by atoms with E-state index in [-0.39, 0.29) is 29.2 Å². The SMILES string of the molecule is CC1=NC2=C(C(=O)CC(C)(C)C2)[C@@H](c2ccc(I)cc2)C1C(=O)OC1CCCC1. The van der Waals surface area contributed by atoms with Crippen LogP contribution in [-0.2, 0) is 14.3 Å². The van der Waals surface area contributed by atoms with Crippen molar-refractivity contribution >= 4 is 40.1 Å². The molecule has 0 bridgehead atoms. The molecule has 0 spiro atoms. The zero-order chi connectivity index (χ0) is 20.8. The van der Waals surface area contributed by atoms with Crippen molar-refractivity contribution in [1.82, 2.24) is 0 Å². The molecule has 3 aliphatic rings. The van der Waals surface area contributed by atoms with E-state index in [1.54, 1.807) is 0 Å². The molecule has 4 nitrogen and oxygen atoms in total. The summed E-state index contributed by atoms with van der Waals surface area (Å²) in [7, 11) is 0. The highest BCUT2D eigenvalue weighted by molar-refractivity contribution is 14.1. The second-order valence-corrected chi connectivity index (χ2v) is 10.7. The number of allylic oxidation sites excluding steroid dienone is 2. The van der Waals surface area contributed by atoms with E-state index in [0.717, 1.165) is 58.2 Å².